The molecule has 0 aliphatic heterocycles. The van der Waals surface area contributed by atoms with Crippen molar-refractivity contribution in [1.29, 1.82) is 0 Å². The molecule has 0 unspecified atom stereocenters. The normalized spacial score (nSPS) is 11.2. The minimum absolute atomic E-state index is 0.0694. The van der Waals surface area contributed by atoms with Gasteiger partial charge in [0.2, 0.25) is 5.91 Å². The monoisotopic (exact) mass is 462 g/mol. The number of ether oxygens (including phenoxy) is 1. The number of aryl methyl sites for hydroxylation is 1. The second kappa shape index (κ2) is 8.79. The number of nitrogens with one attached hydrogen (secondary N) is 1. The Morgan fingerprint density at radius 3 is 2.55 bits per heavy atom. The van der Waals surface area contributed by atoms with Crippen LogP contribution in [0.25, 0.3) is 16.8 Å². The quantitative estimate of drug-likeness (QED) is 0.434. The van der Waals surface area contributed by atoms with Crippen LogP contribution in [0.15, 0.2) is 84.1 Å². The predicted octanol–water partition coefficient (Wildman–Crippen LogP) is 3.76. The van der Waals surface area contributed by atoms with Gasteiger partial charge < -0.3 is 15.0 Å². The van der Waals surface area contributed by atoms with E-state index < -0.39 is 15.9 Å². The van der Waals surface area contributed by atoms with Crippen molar-refractivity contribution in [2.45, 2.75) is 11.8 Å². The lowest BCUT2D eigenvalue weighted by Crippen LogP contribution is -2.14. The molecule has 4 aromatic rings. The number of imidazole rings is 1. The van der Waals surface area contributed by atoms with Crippen molar-refractivity contribution in [3.05, 3.63) is 90.5 Å². The third-order valence-electron chi connectivity index (χ3n) is 5.06. The lowest BCUT2D eigenvalue weighted by molar-refractivity contribution is 0.100. The first kappa shape index (κ1) is 22.1. The number of carbonyl (C=O) groups is 1. The molecule has 33 heavy (non-hydrogen) atoms. The molecular formula is C24H22N4O4S. The van der Waals surface area contributed by atoms with Crippen LogP contribution < -0.4 is 15.2 Å². The summed E-state index contributed by atoms with van der Waals surface area (Å²) in [5.74, 6) is -0.106. The number of hydrogen-bond acceptors (Lipinski definition) is 5. The first-order valence-electron chi connectivity index (χ1n) is 9.99. The summed E-state index contributed by atoms with van der Waals surface area (Å²) in [7, 11) is -2.45. The van der Waals surface area contributed by atoms with Gasteiger partial charge in [0.25, 0.3) is 10.0 Å². The highest BCUT2D eigenvalue weighted by Crippen LogP contribution is 2.31. The summed E-state index contributed by atoms with van der Waals surface area (Å²) in [5.41, 5.74) is 8.61. The second-order valence-corrected chi connectivity index (χ2v) is 9.01. The Morgan fingerprint density at radius 1 is 1.06 bits per heavy atom. The van der Waals surface area contributed by atoms with Gasteiger partial charge in [0.1, 0.15) is 5.75 Å². The summed E-state index contributed by atoms with van der Waals surface area (Å²) in [6.07, 6.45) is 3.51. The molecule has 0 saturated carbocycles. The molecule has 1 aromatic heterocycles. The van der Waals surface area contributed by atoms with Crippen LogP contribution in [0.5, 0.6) is 5.75 Å². The number of sulfonamides is 1. The van der Waals surface area contributed by atoms with Gasteiger partial charge in [-0.1, -0.05) is 30.3 Å². The van der Waals surface area contributed by atoms with Crippen LogP contribution in [0.4, 0.5) is 5.69 Å². The molecule has 0 atom stereocenters. The average Bonchev–Trinajstić information content (AvgIpc) is 3.24. The van der Waals surface area contributed by atoms with Gasteiger partial charge in [-0.2, -0.15) is 0 Å². The Morgan fingerprint density at radius 2 is 1.85 bits per heavy atom. The molecule has 0 saturated heterocycles. The highest BCUT2D eigenvalue weighted by molar-refractivity contribution is 7.92. The number of nitrogens with zero attached hydrogens (tertiary/aromatic N) is 2. The van der Waals surface area contributed by atoms with E-state index in [4.69, 9.17) is 10.5 Å². The lowest BCUT2D eigenvalue weighted by atomic mass is 10.0. The number of aromatic nitrogens is 2. The molecule has 1 heterocycles. The van der Waals surface area contributed by atoms with E-state index in [9.17, 15) is 13.2 Å². The van der Waals surface area contributed by atoms with E-state index in [1.165, 1.54) is 13.2 Å². The Kier molecular flexibility index (Phi) is 5.89. The van der Waals surface area contributed by atoms with Crippen molar-refractivity contribution < 1.29 is 17.9 Å². The number of hydrogen-bond donors (Lipinski definition) is 2. The number of nitrogens with two attached hydrogens (primary N) is 1. The topological polar surface area (TPSA) is 116 Å². The van der Waals surface area contributed by atoms with Crippen molar-refractivity contribution in [2.75, 3.05) is 11.8 Å². The minimum Gasteiger partial charge on any atom is -0.494 e. The fourth-order valence-corrected chi connectivity index (χ4v) is 4.78. The maximum absolute atomic E-state index is 13.3. The zero-order valence-corrected chi connectivity index (χ0v) is 18.8. The Hall–Kier alpha value is -4.11. The van der Waals surface area contributed by atoms with E-state index in [-0.39, 0.29) is 4.90 Å². The van der Waals surface area contributed by atoms with Crippen molar-refractivity contribution in [3.63, 3.8) is 0 Å². The Balaban J connectivity index is 1.71. The molecule has 0 radical (unpaired) electrons. The van der Waals surface area contributed by atoms with E-state index in [1.807, 2.05) is 13.1 Å². The van der Waals surface area contributed by atoms with Gasteiger partial charge in [-0.05, 0) is 42.8 Å². The summed E-state index contributed by atoms with van der Waals surface area (Å²) >= 11 is 0. The van der Waals surface area contributed by atoms with Gasteiger partial charge >= 0.3 is 0 Å². The van der Waals surface area contributed by atoms with Gasteiger partial charge in [-0.3, -0.25) is 9.52 Å². The molecule has 0 fully saturated rings. The summed E-state index contributed by atoms with van der Waals surface area (Å²) in [6, 6.07) is 18.1. The summed E-state index contributed by atoms with van der Waals surface area (Å²) < 4.78 is 36.5. The van der Waals surface area contributed by atoms with E-state index in [2.05, 4.69) is 9.71 Å². The molecule has 0 bridgehead atoms. The zero-order valence-electron chi connectivity index (χ0n) is 18.0. The zero-order chi connectivity index (χ0) is 23.6. The summed E-state index contributed by atoms with van der Waals surface area (Å²) in [5, 5.41) is 0. The smallest absolute Gasteiger partial charge is 0.262 e. The SMILES string of the molecule is COc1cc(NS(=O)(=O)c2ccccc2-c2cccc(C(N)=O)c2)ccc1-n1cnc(C)c1. The summed E-state index contributed by atoms with van der Waals surface area (Å²) in [6.45, 7) is 1.88. The maximum Gasteiger partial charge on any atom is 0.262 e. The van der Waals surface area contributed by atoms with Crippen LogP contribution >= 0.6 is 0 Å². The van der Waals surface area contributed by atoms with Crippen molar-refractivity contribution >= 4 is 21.6 Å². The van der Waals surface area contributed by atoms with Gasteiger partial charge in [0.05, 0.1) is 35.4 Å². The van der Waals surface area contributed by atoms with Crippen LogP contribution in [-0.2, 0) is 10.0 Å². The van der Waals surface area contributed by atoms with Crippen molar-refractivity contribution in [1.82, 2.24) is 9.55 Å². The average molecular weight is 463 g/mol. The highest BCUT2D eigenvalue weighted by atomic mass is 32.2. The van der Waals surface area contributed by atoms with Gasteiger partial charge in [0.15, 0.2) is 0 Å². The second-order valence-electron chi connectivity index (χ2n) is 7.36. The van der Waals surface area contributed by atoms with Crippen LogP contribution in [0.2, 0.25) is 0 Å². The highest BCUT2D eigenvalue weighted by Gasteiger charge is 2.20. The fourth-order valence-electron chi connectivity index (χ4n) is 3.50. The van der Waals surface area contributed by atoms with Crippen molar-refractivity contribution in [3.8, 4) is 22.6 Å². The van der Waals surface area contributed by atoms with E-state index >= 15 is 0 Å². The van der Waals surface area contributed by atoms with Gasteiger partial charge in [-0.25, -0.2) is 13.4 Å². The van der Waals surface area contributed by atoms with E-state index in [0.29, 0.717) is 28.1 Å². The minimum atomic E-state index is -3.96. The number of amides is 1. The summed E-state index contributed by atoms with van der Waals surface area (Å²) in [4.78, 5) is 15.9. The van der Waals surface area contributed by atoms with Gasteiger partial charge in [0, 0.05) is 23.4 Å². The lowest BCUT2D eigenvalue weighted by Gasteiger charge is -2.15. The van der Waals surface area contributed by atoms with Gasteiger partial charge in [-0.15, -0.1) is 0 Å². The van der Waals surface area contributed by atoms with E-state index in [0.717, 1.165) is 11.4 Å². The first-order valence-corrected chi connectivity index (χ1v) is 11.5. The Bertz CT molecular complexity index is 1440. The van der Waals surface area contributed by atoms with Crippen LogP contribution in [-0.4, -0.2) is 31.0 Å². The molecule has 1 amide bonds. The molecule has 4 rings (SSSR count). The molecule has 0 aliphatic rings. The molecule has 168 valence electrons. The third kappa shape index (κ3) is 4.58. The predicted molar refractivity (Wildman–Crippen MR) is 126 cm³/mol. The van der Waals surface area contributed by atoms with Crippen LogP contribution in [0, 0.1) is 6.92 Å². The number of primary amides is 1. The van der Waals surface area contributed by atoms with Crippen molar-refractivity contribution in [2.24, 2.45) is 5.73 Å². The largest absolute Gasteiger partial charge is 0.494 e. The van der Waals surface area contributed by atoms with Crippen LogP contribution in [0.1, 0.15) is 16.1 Å². The maximum atomic E-state index is 13.3. The number of carbonyl (C=O) groups excluding carboxylic acids is 1. The van der Waals surface area contributed by atoms with E-state index in [1.54, 1.807) is 71.6 Å². The number of anilines is 1. The number of methoxy groups -OCH3 is 1. The molecule has 0 spiro atoms. The first-order chi connectivity index (χ1) is 15.8. The molecular weight excluding hydrogens is 440 g/mol. The third-order valence-corrected chi connectivity index (χ3v) is 6.50. The molecule has 0 aliphatic carbocycles. The molecule has 3 N–H and O–H groups in total. The Labute approximate surface area is 191 Å². The number of rotatable bonds is 7. The fraction of sp³-hybridized carbons (Fsp3) is 0.0833. The standard InChI is InChI=1S/C24H22N4O4S/c1-16-14-28(15-26-16)21-11-10-19(13-22(21)32-2)27-33(30,31)23-9-4-3-8-20(23)17-6-5-7-18(12-17)24(25)29/h3-15,27H,1-2H3,(H2,25,29). The van der Waals surface area contributed by atoms with Crippen LogP contribution in [0.3, 0.4) is 0 Å². The molecule has 9 heteroatoms. The molecule has 3 aromatic carbocycles. The molecule has 8 nitrogen and oxygen atoms in total. The number of benzene rings is 3.